The normalized spacial score (nSPS) is 19.5. The van der Waals surface area contributed by atoms with E-state index in [1.165, 1.54) is 19.3 Å². The number of halogens is 1. The first kappa shape index (κ1) is 19.6. The number of hydrogen-bond donors (Lipinski definition) is 1. The molecule has 4 rings (SSSR count). The van der Waals surface area contributed by atoms with Gasteiger partial charge in [0.25, 0.3) is 0 Å². The highest BCUT2D eigenvalue weighted by Crippen LogP contribution is 2.26. The van der Waals surface area contributed by atoms with Gasteiger partial charge >= 0.3 is 0 Å². The second kappa shape index (κ2) is 8.78. The molecule has 1 atom stereocenters. The second-order valence-electron chi connectivity index (χ2n) is 7.48. The summed E-state index contributed by atoms with van der Waals surface area (Å²) in [4.78, 5) is 37.7. The Kier molecular flexibility index (Phi) is 5.94. The van der Waals surface area contributed by atoms with E-state index in [2.05, 4.69) is 20.2 Å². The SMILES string of the molecule is O=C(NCc1nccc(N2CCCCC2)n1)C1CC(=O)N(c2ccc(Cl)cc2)C1. The summed E-state index contributed by atoms with van der Waals surface area (Å²) in [7, 11) is 0. The molecule has 2 amide bonds. The molecule has 2 aliphatic heterocycles. The number of anilines is 2. The zero-order chi connectivity index (χ0) is 20.2. The van der Waals surface area contributed by atoms with Crippen molar-refractivity contribution in [2.75, 3.05) is 29.4 Å². The lowest BCUT2D eigenvalue weighted by Gasteiger charge is -2.27. The molecule has 0 spiro atoms. The van der Waals surface area contributed by atoms with Crippen molar-refractivity contribution >= 4 is 34.9 Å². The highest BCUT2D eigenvalue weighted by Gasteiger charge is 2.35. The Balaban J connectivity index is 1.34. The third kappa shape index (κ3) is 4.67. The van der Waals surface area contributed by atoms with Crippen LogP contribution in [0.25, 0.3) is 0 Å². The number of nitrogens with zero attached hydrogens (tertiary/aromatic N) is 4. The van der Waals surface area contributed by atoms with E-state index >= 15 is 0 Å². The van der Waals surface area contributed by atoms with Gasteiger partial charge in [-0.3, -0.25) is 9.59 Å². The van der Waals surface area contributed by atoms with Gasteiger partial charge in [-0.15, -0.1) is 0 Å². The number of nitrogens with one attached hydrogen (secondary N) is 1. The standard InChI is InChI=1S/C21H24ClN5O2/c22-16-4-6-17(7-5-16)27-14-15(12-20(27)28)21(29)24-13-18-23-9-8-19(25-18)26-10-2-1-3-11-26/h4-9,15H,1-3,10-14H2,(H,24,29). The van der Waals surface area contributed by atoms with Crippen molar-refractivity contribution in [2.45, 2.75) is 32.2 Å². The molecule has 0 bridgehead atoms. The third-order valence-corrected chi connectivity index (χ3v) is 5.68. The number of aromatic nitrogens is 2. The van der Waals surface area contributed by atoms with E-state index in [9.17, 15) is 9.59 Å². The van der Waals surface area contributed by atoms with Gasteiger partial charge in [0.1, 0.15) is 11.6 Å². The molecule has 2 aliphatic rings. The number of piperidine rings is 1. The molecule has 0 radical (unpaired) electrons. The molecule has 3 heterocycles. The summed E-state index contributed by atoms with van der Waals surface area (Å²) in [5.74, 6) is 0.898. The minimum absolute atomic E-state index is 0.0594. The molecule has 1 aromatic carbocycles. The van der Waals surface area contributed by atoms with Gasteiger partial charge in [-0.05, 0) is 49.6 Å². The molecule has 152 valence electrons. The van der Waals surface area contributed by atoms with Crippen molar-refractivity contribution in [3.8, 4) is 0 Å². The molecule has 1 unspecified atom stereocenters. The van der Waals surface area contributed by atoms with Crippen molar-refractivity contribution in [1.82, 2.24) is 15.3 Å². The third-order valence-electron chi connectivity index (χ3n) is 5.43. The fraction of sp³-hybridized carbons (Fsp3) is 0.429. The number of benzene rings is 1. The van der Waals surface area contributed by atoms with Gasteiger partial charge in [0.2, 0.25) is 11.8 Å². The summed E-state index contributed by atoms with van der Waals surface area (Å²) in [5, 5.41) is 3.50. The highest BCUT2D eigenvalue weighted by atomic mass is 35.5. The lowest BCUT2D eigenvalue weighted by molar-refractivity contribution is -0.126. The van der Waals surface area contributed by atoms with Crippen LogP contribution >= 0.6 is 11.6 Å². The first-order valence-corrected chi connectivity index (χ1v) is 10.4. The van der Waals surface area contributed by atoms with Gasteiger partial charge in [0, 0.05) is 43.0 Å². The van der Waals surface area contributed by atoms with Gasteiger partial charge in [0.05, 0.1) is 12.5 Å². The van der Waals surface area contributed by atoms with Crippen LogP contribution in [0.15, 0.2) is 36.5 Å². The predicted octanol–water partition coefficient (Wildman–Crippen LogP) is 2.79. The summed E-state index contributed by atoms with van der Waals surface area (Å²) in [6, 6.07) is 8.98. The fourth-order valence-corrected chi connectivity index (χ4v) is 3.96. The Morgan fingerprint density at radius 1 is 1.14 bits per heavy atom. The fourth-order valence-electron chi connectivity index (χ4n) is 3.84. The minimum Gasteiger partial charge on any atom is -0.357 e. The first-order valence-electron chi connectivity index (χ1n) is 10.0. The van der Waals surface area contributed by atoms with Crippen LogP contribution in [-0.2, 0) is 16.1 Å². The molecule has 2 saturated heterocycles. The number of hydrogen-bond acceptors (Lipinski definition) is 5. The number of amides is 2. The second-order valence-corrected chi connectivity index (χ2v) is 7.91. The molecule has 29 heavy (non-hydrogen) atoms. The minimum atomic E-state index is -0.386. The zero-order valence-corrected chi connectivity index (χ0v) is 16.9. The van der Waals surface area contributed by atoms with Crippen molar-refractivity contribution in [3.63, 3.8) is 0 Å². The van der Waals surface area contributed by atoms with E-state index < -0.39 is 0 Å². The molecule has 2 fully saturated rings. The van der Waals surface area contributed by atoms with Gasteiger partial charge in [-0.25, -0.2) is 9.97 Å². The first-order chi connectivity index (χ1) is 14.1. The van der Waals surface area contributed by atoms with E-state index in [-0.39, 0.29) is 30.7 Å². The average molecular weight is 414 g/mol. The quantitative estimate of drug-likeness (QED) is 0.815. The maximum Gasteiger partial charge on any atom is 0.227 e. The molecule has 2 aromatic rings. The van der Waals surface area contributed by atoms with Crippen LogP contribution in [0, 0.1) is 5.92 Å². The largest absolute Gasteiger partial charge is 0.357 e. The molecular formula is C21H24ClN5O2. The summed E-state index contributed by atoms with van der Waals surface area (Å²) in [5.41, 5.74) is 0.757. The molecule has 8 heteroatoms. The number of rotatable bonds is 5. The van der Waals surface area contributed by atoms with Crippen LogP contribution in [0.2, 0.25) is 5.02 Å². The summed E-state index contributed by atoms with van der Waals surface area (Å²) < 4.78 is 0. The number of carbonyl (C=O) groups excluding carboxylic acids is 2. The van der Waals surface area contributed by atoms with Crippen LogP contribution in [0.1, 0.15) is 31.5 Å². The van der Waals surface area contributed by atoms with E-state index in [4.69, 9.17) is 11.6 Å². The van der Waals surface area contributed by atoms with Gasteiger partial charge < -0.3 is 15.1 Å². The maximum atomic E-state index is 12.6. The van der Waals surface area contributed by atoms with Crippen LogP contribution in [0.3, 0.4) is 0 Å². The monoisotopic (exact) mass is 413 g/mol. The molecule has 0 saturated carbocycles. The van der Waals surface area contributed by atoms with Gasteiger partial charge in [0.15, 0.2) is 0 Å². The lowest BCUT2D eigenvalue weighted by atomic mass is 10.1. The molecule has 0 aliphatic carbocycles. The summed E-state index contributed by atoms with van der Waals surface area (Å²) >= 11 is 5.91. The summed E-state index contributed by atoms with van der Waals surface area (Å²) in [6.07, 6.45) is 5.55. The Morgan fingerprint density at radius 2 is 1.90 bits per heavy atom. The molecular weight excluding hydrogens is 390 g/mol. The number of carbonyl (C=O) groups is 2. The van der Waals surface area contributed by atoms with Gasteiger partial charge in [-0.2, -0.15) is 0 Å². The predicted molar refractivity (Wildman–Crippen MR) is 112 cm³/mol. The van der Waals surface area contributed by atoms with Crippen LogP contribution in [0.4, 0.5) is 11.5 Å². The maximum absolute atomic E-state index is 12.6. The Labute approximate surface area is 175 Å². The van der Waals surface area contributed by atoms with Crippen molar-refractivity contribution < 1.29 is 9.59 Å². The Bertz CT molecular complexity index is 883. The van der Waals surface area contributed by atoms with Crippen LogP contribution in [0.5, 0.6) is 0 Å². The van der Waals surface area contributed by atoms with Crippen molar-refractivity contribution in [1.29, 1.82) is 0 Å². The van der Waals surface area contributed by atoms with Crippen LogP contribution in [-0.4, -0.2) is 41.4 Å². The Hall–Kier alpha value is -2.67. The van der Waals surface area contributed by atoms with E-state index in [0.717, 1.165) is 24.6 Å². The molecule has 7 nitrogen and oxygen atoms in total. The van der Waals surface area contributed by atoms with E-state index in [1.54, 1.807) is 35.4 Å². The van der Waals surface area contributed by atoms with Crippen molar-refractivity contribution in [3.05, 3.63) is 47.4 Å². The molecule has 1 N–H and O–H groups in total. The smallest absolute Gasteiger partial charge is 0.227 e. The van der Waals surface area contributed by atoms with Gasteiger partial charge in [-0.1, -0.05) is 11.6 Å². The average Bonchev–Trinajstić information content (AvgIpc) is 3.15. The topological polar surface area (TPSA) is 78.4 Å². The van der Waals surface area contributed by atoms with E-state index in [1.807, 2.05) is 6.07 Å². The lowest BCUT2D eigenvalue weighted by Crippen LogP contribution is -2.33. The Morgan fingerprint density at radius 3 is 2.66 bits per heavy atom. The van der Waals surface area contributed by atoms with Crippen molar-refractivity contribution in [2.24, 2.45) is 5.92 Å². The zero-order valence-electron chi connectivity index (χ0n) is 16.2. The highest BCUT2D eigenvalue weighted by molar-refractivity contribution is 6.30. The molecule has 1 aromatic heterocycles. The summed E-state index contributed by atoms with van der Waals surface area (Å²) in [6.45, 7) is 2.63. The van der Waals surface area contributed by atoms with Crippen LogP contribution < -0.4 is 15.1 Å². The van der Waals surface area contributed by atoms with E-state index in [0.29, 0.717) is 17.4 Å².